The SMILES string of the molecule is C=C(C)CC(COC)NCC. The van der Waals surface area contributed by atoms with Crippen LogP contribution in [0.5, 0.6) is 0 Å². The number of hydrogen-bond acceptors (Lipinski definition) is 2. The van der Waals surface area contributed by atoms with E-state index in [-0.39, 0.29) is 0 Å². The highest BCUT2D eigenvalue weighted by molar-refractivity contribution is 4.92. The van der Waals surface area contributed by atoms with E-state index >= 15 is 0 Å². The first-order valence-corrected chi connectivity index (χ1v) is 4.07. The van der Waals surface area contributed by atoms with Crippen molar-refractivity contribution < 1.29 is 4.74 Å². The number of hydrogen-bond donors (Lipinski definition) is 1. The Labute approximate surface area is 69.6 Å². The van der Waals surface area contributed by atoms with Gasteiger partial charge < -0.3 is 10.1 Å². The van der Waals surface area contributed by atoms with Gasteiger partial charge in [0.25, 0.3) is 0 Å². The molecule has 2 heteroatoms. The third-order valence-corrected chi connectivity index (χ3v) is 1.46. The normalized spacial score (nSPS) is 13.0. The van der Waals surface area contributed by atoms with Crippen LogP contribution in [0.1, 0.15) is 20.3 Å². The van der Waals surface area contributed by atoms with Crippen molar-refractivity contribution in [3.63, 3.8) is 0 Å². The fraction of sp³-hybridized carbons (Fsp3) is 0.778. The number of likely N-dealkylation sites (N-methyl/N-ethyl adjacent to an activating group) is 1. The summed E-state index contributed by atoms with van der Waals surface area (Å²) in [6.07, 6.45) is 1.00. The zero-order valence-corrected chi connectivity index (χ0v) is 7.81. The quantitative estimate of drug-likeness (QED) is 0.591. The standard InChI is InChI=1S/C9H19NO/c1-5-10-9(7-11-4)6-8(2)3/h9-10H,2,5-7H2,1,3-4H3. The van der Waals surface area contributed by atoms with Crippen molar-refractivity contribution >= 4 is 0 Å². The maximum Gasteiger partial charge on any atom is 0.0618 e. The second-order valence-corrected chi connectivity index (χ2v) is 2.87. The molecule has 0 bridgehead atoms. The van der Waals surface area contributed by atoms with Gasteiger partial charge in [-0.2, -0.15) is 0 Å². The van der Waals surface area contributed by atoms with E-state index in [1.165, 1.54) is 5.57 Å². The predicted molar refractivity (Wildman–Crippen MR) is 48.8 cm³/mol. The minimum atomic E-state index is 0.433. The number of rotatable bonds is 6. The lowest BCUT2D eigenvalue weighted by Gasteiger charge is -2.16. The van der Waals surface area contributed by atoms with E-state index in [1.807, 2.05) is 6.92 Å². The molecule has 0 saturated heterocycles. The first-order valence-electron chi connectivity index (χ1n) is 4.07. The van der Waals surface area contributed by atoms with Gasteiger partial charge in [0.05, 0.1) is 6.61 Å². The van der Waals surface area contributed by atoms with E-state index in [0.29, 0.717) is 6.04 Å². The highest BCUT2D eigenvalue weighted by atomic mass is 16.5. The second-order valence-electron chi connectivity index (χ2n) is 2.87. The Balaban J connectivity index is 3.59. The molecule has 66 valence electrons. The minimum Gasteiger partial charge on any atom is -0.383 e. The van der Waals surface area contributed by atoms with Crippen molar-refractivity contribution in [1.82, 2.24) is 5.32 Å². The van der Waals surface area contributed by atoms with Gasteiger partial charge in [-0.25, -0.2) is 0 Å². The van der Waals surface area contributed by atoms with E-state index < -0.39 is 0 Å². The molecule has 0 aliphatic heterocycles. The molecule has 1 atom stereocenters. The molecule has 11 heavy (non-hydrogen) atoms. The average Bonchev–Trinajstić information content (AvgIpc) is 1.87. The van der Waals surface area contributed by atoms with E-state index in [0.717, 1.165) is 19.6 Å². The molecule has 1 N–H and O–H groups in total. The Hall–Kier alpha value is -0.340. The van der Waals surface area contributed by atoms with Gasteiger partial charge in [0.1, 0.15) is 0 Å². The average molecular weight is 157 g/mol. The molecule has 0 amide bonds. The summed E-state index contributed by atoms with van der Waals surface area (Å²) in [5.41, 5.74) is 1.20. The maximum atomic E-state index is 5.05. The molecule has 0 spiro atoms. The maximum absolute atomic E-state index is 5.05. The summed E-state index contributed by atoms with van der Waals surface area (Å²) >= 11 is 0. The van der Waals surface area contributed by atoms with Crippen LogP contribution in [0.25, 0.3) is 0 Å². The van der Waals surface area contributed by atoms with Crippen molar-refractivity contribution in [3.05, 3.63) is 12.2 Å². The third kappa shape index (κ3) is 6.07. The lowest BCUT2D eigenvalue weighted by atomic mass is 10.1. The monoisotopic (exact) mass is 157 g/mol. The van der Waals surface area contributed by atoms with Crippen LogP contribution in [-0.4, -0.2) is 26.3 Å². The van der Waals surface area contributed by atoms with E-state index in [4.69, 9.17) is 4.74 Å². The zero-order chi connectivity index (χ0) is 8.69. The zero-order valence-electron chi connectivity index (χ0n) is 7.81. The molecule has 0 aliphatic carbocycles. The van der Waals surface area contributed by atoms with Crippen LogP contribution in [0.3, 0.4) is 0 Å². The topological polar surface area (TPSA) is 21.3 Å². The summed E-state index contributed by atoms with van der Waals surface area (Å²) in [5, 5.41) is 3.33. The Morgan fingerprint density at radius 1 is 1.64 bits per heavy atom. The molecule has 0 aromatic carbocycles. The van der Waals surface area contributed by atoms with Gasteiger partial charge in [-0.05, 0) is 19.9 Å². The first kappa shape index (κ1) is 10.7. The van der Waals surface area contributed by atoms with Crippen LogP contribution < -0.4 is 5.32 Å². The summed E-state index contributed by atoms with van der Waals surface area (Å²) in [5.74, 6) is 0. The summed E-state index contributed by atoms with van der Waals surface area (Å²) in [6, 6.07) is 0.433. The van der Waals surface area contributed by atoms with Gasteiger partial charge in [-0.3, -0.25) is 0 Å². The summed E-state index contributed by atoms with van der Waals surface area (Å²) in [4.78, 5) is 0. The van der Waals surface area contributed by atoms with Crippen molar-refractivity contribution in [3.8, 4) is 0 Å². The van der Waals surface area contributed by atoms with Gasteiger partial charge in [0.15, 0.2) is 0 Å². The molecule has 0 rings (SSSR count). The highest BCUT2D eigenvalue weighted by Crippen LogP contribution is 2.01. The number of ether oxygens (including phenoxy) is 1. The predicted octanol–water partition coefficient (Wildman–Crippen LogP) is 1.58. The van der Waals surface area contributed by atoms with Crippen LogP contribution in [0.4, 0.5) is 0 Å². The van der Waals surface area contributed by atoms with Crippen LogP contribution in [0.2, 0.25) is 0 Å². The van der Waals surface area contributed by atoms with Crippen molar-refractivity contribution in [2.75, 3.05) is 20.3 Å². The van der Waals surface area contributed by atoms with Crippen molar-refractivity contribution in [2.45, 2.75) is 26.3 Å². The molecular weight excluding hydrogens is 138 g/mol. The number of nitrogens with one attached hydrogen (secondary N) is 1. The molecule has 0 saturated carbocycles. The summed E-state index contributed by atoms with van der Waals surface area (Å²) < 4.78 is 5.05. The van der Waals surface area contributed by atoms with Crippen molar-refractivity contribution in [2.24, 2.45) is 0 Å². The Kier molecular flexibility index (Phi) is 6.18. The lowest BCUT2D eigenvalue weighted by Crippen LogP contribution is -2.33. The van der Waals surface area contributed by atoms with E-state index in [1.54, 1.807) is 7.11 Å². The van der Waals surface area contributed by atoms with Gasteiger partial charge in [0.2, 0.25) is 0 Å². The van der Waals surface area contributed by atoms with Crippen molar-refractivity contribution in [1.29, 1.82) is 0 Å². The number of methoxy groups -OCH3 is 1. The van der Waals surface area contributed by atoms with Crippen LogP contribution in [0.15, 0.2) is 12.2 Å². The molecule has 0 radical (unpaired) electrons. The van der Waals surface area contributed by atoms with Gasteiger partial charge in [0, 0.05) is 13.2 Å². The second kappa shape index (κ2) is 6.38. The fourth-order valence-electron chi connectivity index (χ4n) is 1.10. The third-order valence-electron chi connectivity index (χ3n) is 1.46. The molecule has 2 nitrogen and oxygen atoms in total. The van der Waals surface area contributed by atoms with Gasteiger partial charge in [-0.15, -0.1) is 6.58 Å². The molecule has 0 aliphatic rings. The molecule has 1 unspecified atom stereocenters. The van der Waals surface area contributed by atoms with Gasteiger partial charge in [-0.1, -0.05) is 12.5 Å². The van der Waals surface area contributed by atoms with Crippen LogP contribution in [-0.2, 0) is 4.74 Å². The molecule has 0 aromatic heterocycles. The van der Waals surface area contributed by atoms with E-state index in [9.17, 15) is 0 Å². The first-order chi connectivity index (χ1) is 5.20. The molecule has 0 aromatic rings. The fourth-order valence-corrected chi connectivity index (χ4v) is 1.10. The van der Waals surface area contributed by atoms with Gasteiger partial charge >= 0.3 is 0 Å². The van der Waals surface area contributed by atoms with E-state index in [2.05, 4.69) is 18.8 Å². The van der Waals surface area contributed by atoms with Crippen LogP contribution >= 0.6 is 0 Å². The summed E-state index contributed by atoms with van der Waals surface area (Å²) in [7, 11) is 1.72. The summed E-state index contributed by atoms with van der Waals surface area (Å²) in [6.45, 7) is 9.76. The Bertz CT molecular complexity index is 106. The minimum absolute atomic E-state index is 0.433. The smallest absolute Gasteiger partial charge is 0.0618 e. The Morgan fingerprint density at radius 2 is 2.27 bits per heavy atom. The highest BCUT2D eigenvalue weighted by Gasteiger charge is 2.05. The molecular formula is C9H19NO. The van der Waals surface area contributed by atoms with Crippen LogP contribution in [0, 0.1) is 0 Å². The lowest BCUT2D eigenvalue weighted by molar-refractivity contribution is 0.167. The largest absolute Gasteiger partial charge is 0.383 e. The molecule has 0 fully saturated rings. The Morgan fingerprint density at radius 3 is 2.64 bits per heavy atom. The molecule has 0 heterocycles.